The number of hydrogen-bond acceptors (Lipinski definition) is 4. The van der Waals surface area contributed by atoms with Crippen molar-refractivity contribution in [2.75, 3.05) is 11.9 Å². The molecule has 2 aliphatic rings. The predicted octanol–water partition coefficient (Wildman–Crippen LogP) is 3.51. The first kappa shape index (κ1) is 13.2. The molecule has 0 bridgehead atoms. The van der Waals surface area contributed by atoms with E-state index in [1.54, 1.807) is 6.07 Å². The lowest BCUT2D eigenvalue weighted by molar-refractivity contribution is 0.0829. The minimum absolute atomic E-state index is 0.0110. The summed E-state index contributed by atoms with van der Waals surface area (Å²) in [7, 11) is 0. The van der Waals surface area contributed by atoms with E-state index in [2.05, 4.69) is 11.4 Å². The van der Waals surface area contributed by atoms with Gasteiger partial charge in [0.2, 0.25) is 0 Å². The Labute approximate surface area is 129 Å². The summed E-state index contributed by atoms with van der Waals surface area (Å²) in [5.41, 5.74) is 3.80. The number of fused-ring (bicyclic) bond motifs is 3. The topological polar surface area (TPSA) is 65.3 Å². The Hall–Kier alpha value is -2.51. The average Bonchev–Trinajstić information content (AvgIpc) is 3.03. The standard InChI is InChI=1S/C18H16N2O2/c19-10-11-4-5-16-15(8-11)18-14(6-7-22-18)17(20-16)12-2-1-3-13(21)9-12/h1-5,8-9,14,17-18,20-21H,6-7H2/t14-,17+,18-/m1/s1. The number of ether oxygens (including phenoxy) is 1. The molecular weight excluding hydrogens is 276 g/mol. The minimum atomic E-state index is 0.0110. The van der Waals surface area contributed by atoms with Crippen LogP contribution in [0.3, 0.4) is 0 Å². The van der Waals surface area contributed by atoms with E-state index in [9.17, 15) is 5.11 Å². The summed E-state index contributed by atoms with van der Waals surface area (Å²) in [4.78, 5) is 0. The molecule has 0 spiro atoms. The second-order valence-corrected chi connectivity index (χ2v) is 5.87. The molecule has 3 atom stereocenters. The normalized spacial score (nSPS) is 25.7. The molecule has 110 valence electrons. The fourth-order valence-corrected chi connectivity index (χ4v) is 3.59. The predicted molar refractivity (Wildman–Crippen MR) is 82.4 cm³/mol. The van der Waals surface area contributed by atoms with E-state index in [1.165, 1.54) is 0 Å². The van der Waals surface area contributed by atoms with Gasteiger partial charge in [-0.15, -0.1) is 0 Å². The SMILES string of the molecule is N#Cc1ccc2c(c1)[C@@H]1OCC[C@@H]1[C@H](c1cccc(O)c1)N2. The van der Waals surface area contributed by atoms with Crippen LogP contribution in [0, 0.1) is 17.2 Å². The Morgan fingerprint density at radius 3 is 2.95 bits per heavy atom. The molecule has 4 heteroatoms. The van der Waals surface area contributed by atoms with Crippen molar-refractivity contribution in [3.63, 3.8) is 0 Å². The monoisotopic (exact) mass is 292 g/mol. The van der Waals surface area contributed by atoms with E-state index < -0.39 is 0 Å². The van der Waals surface area contributed by atoms with Gasteiger partial charge in [0.05, 0.1) is 23.8 Å². The molecule has 0 unspecified atom stereocenters. The van der Waals surface area contributed by atoms with Crippen molar-refractivity contribution >= 4 is 5.69 Å². The van der Waals surface area contributed by atoms with Crippen molar-refractivity contribution in [3.8, 4) is 11.8 Å². The van der Waals surface area contributed by atoms with Crippen molar-refractivity contribution in [2.45, 2.75) is 18.6 Å². The van der Waals surface area contributed by atoms with Gasteiger partial charge in [0, 0.05) is 23.8 Å². The maximum atomic E-state index is 9.75. The Morgan fingerprint density at radius 1 is 1.23 bits per heavy atom. The van der Waals surface area contributed by atoms with Gasteiger partial charge >= 0.3 is 0 Å². The maximum absolute atomic E-state index is 9.75. The van der Waals surface area contributed by atoms with Gasteiger partial charge in [-0.1, -0.05) is 12.1 Å². The van der Waals surface area contributed by atoms with Crippen LogP contribution in [-0.2, 0) is 4.74 Å². The lowest BCUT2D eigenvalue weighted by Crippen LogP contribution is -2.29. The van der Waals surface area contributed by atoms with E-state index in [-0.39, 0.29) is 17.9 Å². The smallest absolute Gasteiger partial charge is 0.115 e. The molecule has 2 N–H and O–H groups in total. The van der Waals surface area contributed by atoms with Gasteiger partial charge in [0.25, 0.3) is 0 Å². The second kappa shape index (κ2) is 5.04. The highest BCUT2D eigenvalue weighted by molar-refractivity contribution is 5.60. The van der Waals surface area contributed by atoms with Crippen LogP contribution in [0.4, 0.5) is 5.69 Å². The van der Waals surface area contributed by atoms with Crippen molar-refractivity contribution in [3.05, 3.63) is 59.2 Å². The Balaban J connectivity index is 1.79. The maximum Gasteiger partial charge on any atom is 0.115 e. The first-order valence-corrected chi connectivity index (χ1v) is 7.47. The molecule has 22 heavy (non-hydrogen) atoms. The first-order chi connectivity index (χ1) is 10.8. The molecule has 2 aromatic rings. The molecular formula is C18H16N2O2. The molecule has 0 amide bonds. The number of phenols is 1. The number of aromatic hydroxyl groups is 1. The lowest BCUT2D eigenvalue weighted by atomic mass is 9.80. The molecule has 2 aliphatic heterocycles. The summed E-state index contributed by atoms with van der Waals surface area (Å²) < 4.78 is 5.95. The van der Waals surface area contributed by atoms with Gasteiger partial charge in [-0.3, -0.25) is 0 Å². The van der Waals surface area contributed by atoms with E-state index in [4.69, 9.17) is 10.00 Å². The number of benzene rings is 2. The fraction of sp³-hybridized carbons (Fsp3) is 0.278. The van der Waals surface area contributed by atoms with Crippen LogP contribution in [-0.4, -0.2) is 11.7 Å². The van der Waals surface area contributed by atoms with Crippen LogP contribution >= 0.6 is 0 Å². The summed E-state index contributed by atoms with van der Waals surface area (Å²) in [6.07, 6.45) is 0.977. The van der Waals surface area contributed by atoms with Gasteiger partial charge < -0.3 is 15.2 Å². The van der Waals surface area contributed by atoms with Gasteiger partial charge in [-0.25, -0.2) is 0 Å². The third-order valence-electron chi connectivity index (χ3n) is 4.59. The Morgan fingerprint density at radius 2 is 2.14 bits per heavy atom. The summed E-state index contributed by atoms with van der Waals surface area (Å²) in [6, 6.07) is 15.4. The van der Waals surface area contributed by atoms with Gasteiger partial charge in [-0.2, -0.15) is 5.26 Å². The number of anilines is 1. The highest BCUT2D eigenvalue weighted by Gasteiger charge is 2.41. The molecule has 1 fully saturated rings. The number of nitriles is 1. The molecule has 0 radical (unpaired) electrons. The fourth-order valence-electron chi connectivity index (χ4n) is 3.59. The summed E-state index contributed by atoms with van der Waals surface area (Å²) in [5.74, 6) is 0.587. The van der Waals surface area contributed by atoms with Crippen LogP contribution in [0.5, 0.6) is 5.75 Å². The van der Waals surface area contributed by atoms with E-state index in [1.807, 2.05) is 36.4 Å². The van der Waals surface area contributed by atoms with Crippen molar-refractivity contribution in [1.29, 1.82) is 5.26 Å². The second-order valence-electron chi connectivity index (χ2n) is 5.87. The zero-order valence-corrected chi connectivity index (χ0v) is 12.0. The highest BCUT2D eigenvalue weighted by atomic mass is 16.5. The summed E-state index contributed by atoms with van der Waals surface area (Å²) in [5, 5.41) is 22.4. The van der Waals surface area contributed by atoms with Crippen LogP contribution in [0.2, 0.25) is 0 Å². The molecule has 1 saturated heterocycles. The quantitative estimate of drug-likeness (QED) is 0.844. The third kappa shape index (κ3) is 2.02. The number of nitrogens with zero attached hydrogens (tertiary/aromatic N) is 1. The number of hydrogen-bond donors (Lipinski definition) is 2. The third-order valence-corrected chi connectivity index (χ3v) is 4.59. The van der Waals surface area contributed by atoms with Gasteiger partial charge in [0.15, 0.2) is 0 Å². The first-order valence-electron chi connectivity index (χ1n) is 7.47. The number of nitrogens with one attached hydrogen (secondary N) is 1. The largest absolute Gasteiger partial charge is 0.508 e. The van der Waals surface area contributed by atoms with Gasteiger partial charge in [0.1, 0.15) is 5.75 Å². The summed E-state index contributed by atoms with van der Waals surface area (Å²) >= 11 is 0. The molecule has 2 aromatic carbocycles. The van der Waals surface area contributed by atoms with Crippen molar-refractivity contribution < 1.29 is 9.84 Å². The number of phenolic OH excluding ortho intramolecular Hbond substituents is 1. The molecule has 0 aliphatic carbocycles. The Kier molecular flexibility index (Phi) is 3.02. The Bertz CT molecular complexity index is 766. The summed E-state index contributed by atoms with van der Waals surface area (Å²) in [6.45, 7) is 0.725. The number of rotatable bonds is 1. The van der Waals surface area contributed by atoms with E-state index in [0.717, 1.165) is 29.8 Å². The molecule has 4 nitrogen and oxygen atoms in total. The van der Waals surface area contributed by atoms with Crippen molar-refractivity contribution in [2.24, 2.45) is 5.92 Å². The van der Waals surface area contributed by atoms with Crippen LogP contribution in [0.1, 0.15) is 35.3 Å². The molecule has 0 aromatic heterocycles. The lowest BCUT2D eigenvalue weighted by Gasteiger charge is -2.36. The van der Waals surface area contributed by atoms with E-state index in [0.29, 0.717) is 11.5 Å². The van der Waals surface area contributed by atoms with Crippen LogP contribution < -0.4 is 5.32 Å². The van der Waals surface area contributed by atoms with Gasteiger partial charge in [-0.05, 0) is 42.3 Å². The zero-order valence-electron chi connectivity index (χ0n) is 12.0. The van der Waals surface area contributed by atoms with E-state index >= 15 is 0 Å². The zero-order chi connectivity index (χ0) is 15.1. The average molecular weight is 292 g/mol. The minimum Gasteiger partial charge on any atom is -0.508 e. The molecule has 2 heterocycles. The highest BCUT2D eigenvalue weighted by Crippen LogP contribution is 2.50. The van der Waals surface area contributed by atoms with Crippen molar-refractivity contribution in [1.82, 2.24) is 0 Å². The molecule has 0 saturated carbocycles. The van der Waals surface area contributed by atoms with Crippen LogP contribution in [0.15, 0.2) is 42.5 Å². The van der Waals surface area contributed by atoms with Crippen LogP contribution in [0.25, 0.3) is 0 Å². The molecule has 4 rings (SSSR count).